The Labute approximate surface area is 129 Å². The average Bonchev–Trinajstić information content (AvgIpc) is 3.17. The second-order valence-electron chi connectivity index (χ2n) is 5.94. The van der Waals surface area contributed by atoms with Gasteiger partial charge < -0.3 is 14.4 Å². The van der Waals surface area contributed by atoms with Gasteiger partial charge in [0.2, 0.25) is 5.91 Å². The average molecular weight is 303 g/mol. The summed E-state index contributed by atoms with van der Waals surface area (Å²) in [7, 11) is 0. The Morgan fingerprint density at radius 1 is 1.50 bits per heavy atom. The molecule has 1 amide bonds. The van der Waals surface area contributed by atoms with Crippen LogP contribution in [0.3, 0.4) is 0 Å². The van der Waals surface area contributed by atoms with Crippen LogP contribution in [0.2, 0.25) is 0 Å². The number of nitrogens with zero attached hydrogens (tertiary/aromatic N) is 4. The molecule has 2 aromatic heterocycles. The molecular formula is C15H21N5O2. The molecule has 118 valence electrons. The van der Waals surface area contributed by atoms with Gasteiger partial charge in [-0.25, -0.2) is 0 Å². The maximum absolute atomic E-state index is 12.1. The van der Waals surface area contributed by atoms with Gasteiger partial charge in [0, 0.05) is 12.1 Å². The third kappa shape index (κ3) is 3.18. The smallest absolute Gasteiger partial charge is 0.228 e. The fourth-order valence-corrected chi connectivity index (χ4v) is 3.04. The number of hydrogen-bond acceptors (Lipinski definition) is 5. The van der Waals surface area contributed by atoms with Crippen molar-refractivity contribution in [3.63, 3.8) is 0 Å². The highest BCUT2D eigenvalue weighted by atomic mass is 16.5. The van der Waals surface area contributed by atoms with Crippen molar-refractivity contribution in [3.05, 3.63) is 29.7 Å². The van der Waals surface area contributed by atoms with E-state index in [1.807, 2.05) is 13.8 Å². The van der Waals surface area contributed by atoms with E-state index in [0.717, 1.165) is 24.4 Å². The molecule has 1 saturated carbocycles. The number of amides is 1. The van der Waals surface area contributed by atoms with Crippen molar-refractivity contribution in [2.75, 3.05) is 0 Å². The highest BCUT2D eigenvalue weighted by molar-refractivity contribution is 5.78. The fourth-order valence-electron chi connectivity index (χ4n) is 3.04. The summed E-state index contributed by atoms with van der Waals surface area (Å²) in [6.07, 6.45) is 6.75. The Morgan fingerprint density at radius 2 is 2.27 bits per heavy atom. The zero-order chi connectivity index (χ0) is 15.5. The summed E-state index contributed by atoms with van der Waals surface area (Å²) < 4.78 is 7.18. The Morgan fingerprint density at radius 3 is 2.95 bits per heavy atom. The van der Waals surface area contributed by atoms with Crippen LogP contribution in [0, 0.1) is 6.92 Å². The third-order valence-corrected chi connectivity index (χ3v) is 4.10. The summed E-state index contributed by atoms with van der Waals surface area (Å²) >= 11 is 0. The Hall–Kier alpha value is -2.18. The van der Waals surface area contributed by atoms with Crippen molar-refractivity contribution in [1.82, 2.24) is 25.2 Å². The monoisotopic (exact) mass is 303 g/mol. The van der Waals surface area contributed by atoms with Gasteiger partial charge in [0.15, 0.2) is 5.82 Å². The van der Waals surface area contributed by atoms with Crippen LogP contribution in [0.1, 0.15) is 62.0 Å². The van der Waals surface area contributed by atoms with Crippen LogP contribution in [-0.2, 0) is 11.2 Å². The number of aromatic nitrogens is 4. The predicted molar refractivity (Wildman–Crippen MR) is 79.0 cm³/mol. The lowest BCUT2D eigenvalue weighted by Gasteiger charge is -2.18. The Kier molecular flexibility index (Phi) is 4.22. The van der Waals surface area contributed by atoms with E-state index < -0.39 is 0 Å². The first-order valence-corrected chi connectivity index (χ1v) is 7.74. The second kappa shape index (κ2) is 6.29. The summed E-state index contributed by atoms with van der Waals surface area (Å²) in [6.45, 7) is 3.76. The van der Waals surface area contributed by atoms with E-state index in [1.54, 1.807) is 12.4 Å². The van der Waals surface area contributed by atoms with Crippen LogP contribution in [0.15, 0.2) is 16.9 Å². The maximum Gasteiger partial charge on any atom is 0.228 e. The Bertz CT molecular complexity index is 642. The van der Waals surface area contributed by atoms with Crippen LogP contribution in [0.5, 0.6) is 0 Å². The van der Waals surface area contributed by atoms with Crippen molar-refractivity contribution >= 4 is 5.91 Å². The van der Waals surface area contributed by atoms with Crippen LogP contribution in [-0.4, -0.2) is 25.8 Å². The van der Waals surface area contributed by atoms with Crippen molar-refractivity contribution in [3.8, 4) is 0 Å². The van der Waals surface area contributed by atoms with Crippen LogP contribution < -0.4 is 5.32 Å². The molecule has 1 atom stereocenters. The highest BCUT2D eigenvalue weighted by Crippen LogP contribution is 2.31. The number of nitrogens with one attached hydrogen (secondary N) is 1. The first-order valence-electron chi connectivity index (χ1n) is 7.74. The minimum absolute atomic E-state index is 0.107. The topological polar surface area (TPSA) is 85.8 Å². The first-order chi connectivity index (χ1) is 10.6. The zero-order valence-electron chi connectivity index (χ0n) is 13.0. The van der Waals surface area contributed by atoms with Gasteiger partial charge in [-0.05, 0) is 26.7 Å². The van der Waals surface area contributed by atoms with Crippen molar-refractivity contribution in [1.29, 1.82) is 0 Å². The molecule has 22 heavy (non-hydrogen) atoms. The summed E-state index contributed by atoms with van der Waals surface area (Å²) in [5.74, 6) is 1.28. The molecule has 1 N–H and O–H groups in total. The molecule has 7 nitrogen and oxygen atoms in total. The van der Waals surface area contributed by atoms with Gasteiger partial charge in [0.05, 0.1) is 18.2 Å². The molecule has 0 spiro atoms. The summed E-state index contributed by atoms with van der Waals surface area (Å²) in [5.41, 5.74) is 0.775. The Balaban J connectivity index is 1.63. The van der Waals surface area contributed by atoms with Gasteiger partial charge in [0.1, 0.15) is 12.1 Å². The van der Waals surface area contributed by atoms with E-state index in [0.29, 0.717) is 11.8 Å². The van der Waals surface area contributed by atoms with Crippen LogP contribution >= 0.6 is 0 Å². The molecule has 2 heterocycles. The normalized spacial score (nSPS) is 16.8. The molecule has 1 unspecified atom stereocenters. The van der Waals surface area contributed by atoms with E-state index in [1.165, 1.54) is 12.8 Å². The van der Waals surface area contributed by atoms with E-state index in [-0.39, 0.29) is 18.4 Å². The number of aryl methyl sites for hydroxylation is 1. The van der Waals surface area contributed by atoms with E-state index in [4.69, 9.17) is 4.52 Å². The van der Waals surface area contributed by atoms with Gasteiger partial charge in [-0.1, -0.05) is 18.0 Å². The molecule has 2 aromatic rings. The predicted octanol–water partition coefficient (Wildman–Crippen LogP) is 2.11. The molecule has 0 aromatic carbocycles. The molecule has 0 aliphatic heterocycles. The van der Waals surface area contributed by atoms with Crippen LogP contribution in [0.25, 0.3) is 0 Å². The van der Waals surface area contributed by atoms with Crippen molar-refractivity contribution in [2.45, 2.75) is 58.0 Å². The SMILES string of the molecule is Cc1cc(CC(=O)NC(C)c2nncn2C2CCCC2)on1. The largest absolute Gasteiger partial charge is 0.361 e. The van der Waals surface area contributed by atoms with Crippen molar-refractivity contribution in [2.24, 2.45) is 0 Å². The third-order valence-electron chi connectivity index (χ3n) is 4.10. The summed E-state index contributed by atoms with van der Waals surface area (Å²) in [6, 6.07) is 2.05. The lowest BCUT2D eigenvalue weighted by atomic mass is 10.2. The van der Waals surface area contributed by atoms with E-state index >= 15 is 0 Å². The highest BCUT2D eigenvalue weighted by Gasteiger charge is 2.23. The first kappa shape index (κ1) is 14.7. The standard InChI is InChI=1S/C15H21N5O2/c1-10-7-13(22-19-10)8-14(21)17-11(2)15-18-16-9-20(15)12-5-3-4-6-12/h7,9,11-12H,3-6,8H2,1-2H3,(H,17,21). The quantitative estimate of drug-likeness (QED) is 0.914. The molecule has 0 radical (unpaired) electrons. The fraction of sp³-hybridized carbons (Fsp3) is 0.600. The van der Waals surface area contributed by atoms with Gasteiger partial charge in [0.25, 0.3) is 0 Å². The molecule has 1 fully saturated rings. The van der Waals surface area contributed by atoms with E-state index in [9.17, 15) is 4.79 Å². The number of hydrogen-bond donors (Lipinski definition) is 1. The number of carbonyl (C=O) groups excluding carboxylic acids is 1. The molecule has 3 rings (SSSR count). The molecule has 1 aliphatic rings. The van der Waals surface area contributed by atoms with Crippen LogP contribution in [0.4, 0.5) is 0 Å². The molecular weight excluding hydrogens is 282 g/mol. The van der Waals surface area contributed by atoms with Gasteiger partial charge in [-0.2, -0.15) is 0 Å². The lowest BCUT2D eigenvalue weighted by Crippen LogP contribution is -2.30. The summed E-state index contributed by atoms with van der Waals surface area (Å²) in [4.78, 5) is 12.1. The molecule has 0 bridgehead atoms. The number of carbonyl (C=O) groups is 1. The maximum atomic E-state index is 12.1. The molecule has 1 aliphatic carbocycles. The molecule has 0 saturated heterocycles. The zero-order valence-corrected chi connectivity index (χ0v) is 13.0. The van der Waals surface area contributed by atoms with Gasteiger partial charge in [-0.15, -0.1) is 10.2 Å². The van der Waals surface area contributed by atoms with Gasteiger partial charge in [-0.3, -0.25) is 4.79 Å². The van der Waals surface area contributed by atoms with Gasteiger partial charge >= 0.3 is 0 Å². The minimum atomic E-state index is -0.181. The van der Waals surface area contributed by atoms with E-state index in [2.05, 4.69) is 25.2 Å². The molecule has 7 heteroatoms. The second-order valence-corrected chi connectivity index (χ2v) is 5.94. The summed E-state index contributed by atoms with van der Waals surface area (Å²) in [5, 5.41) is 14.9. The van der Waals surface area contributed by atoms with Crippen molar-refractivity contribution < 1.29 is 9.32 Å². The lowest BCUT2D eigenvalue weighted by molar-refractivity contribution is -0.121. The number of rotatable bonds is 5. The minimum Gasteiger partial charge on any atom is -0.361 e.